The number of hydrogen-bond donors (Lipinski definition) is 0. The summed E-state index contributed by atoms with van der Waals surface area (Å²) in [7, 11) is 0. The quantitative estimate of drug-likeness (QED) is 0.649. The molecule has 0 saturated heterocycles. The number of rotatable bonds is 6. The Bertz CT molecular complexity index is 202. The molecule has 0 heterocycles. The molecule has 0 N–H and O–H groups in total. The lowest BCUT2D eigenvalue weighted by Gasteiger charge is -2.44. The van der Waals surface area contributed by atoms with Gasteiger partial charge in [0, 0.05) is 11.8 Å². The van der Waals surface area contributed by atoms with Crippen LogP contribution in [0.3, 0.4) is 0 Å². The summed E-state index contributed by atoms with van der Waals surface area (Å²) in [6, 6.07) is 0. The molecule has 0 saturated carbocycles. The minimum Gasteiger partial charge on any atom is -0.299 e. The first-order valence-electron chi connectivity index (χ1n) is 6.70. The molecular weight excluding hydrogens is 196 g/mol. The van der Waals surface area contributed by atoms with Crippen LogP contribution in [0.25, 0.3) is 0 Å². The molecule has 0 radical (unpaired) electrons. The molecule has 0 unspecified atom stereocenters. The normalized spacial score (nSPS) is 13.2. The Morgan fingerprint density at radius 1 is 0.812 bits per heavy atom. The zero-order chi connectivity index (χ0) is 13.1. The van der Waals surface area contributed by atoms with Crippen molar-refractivity contribution < 1.29 is 4.79 Å². The van der Waals surface area contributed by atoms with Gasteiger partial charge in [-0.1, -0.05) is 55.4 Å². The van der Waals surface area contributed by atoms with Gasteiger partial charge in [0.2, 0.25) is 0 Å². The van der Waals surface area contributed by atoms with E-state index in [9.17, 15) is 4.79 Å². The fourth-order valence-corrected chi connectivity index (χ4v) is 3.51. The molecule has 16 heavy (non-hydrogen) atoms. The van der Waals surface area contributed by atoms with Gasteiger partial charge in [0.25, 0.3) is 0 Å². The van der Waals surface area contributed by atoms with Gasteiger partial charge in [-0.15, -0.1) is 0 Å². The minimum absolute atomic E-state index is 0.149. The number of Topliss-reactive ketones (excluding diaryl/α,β-unsaturated/α-hetero) is 1. The molecule has 0 aromatic carbocycles. The van der Waals surface area contributed by atoms with Crippen LogP contribution in [-0.4, -0.2) is 5.78 Å². The van der Waals surface area contributed by atoms with Gasteiger partial charge in [0.15, 0.2) is 0 Å². The fourth-order valence-electron chi connectivity index (χ4n) is 3.51. The first-order valence-corrected chi connectivity index (χ1v) is 6.70. The average molecular weight is 226 g/mol. The average Bonchev–Trinajstić information content (AvgIpc) is 1.99. The van der Waals surface area contributed by atoms with Crippen LogP contribution in [0.2, 0.25) is 0 Å². The third-order valence-corrected chi connectivity index (χ3v) is 3.94. The molecule has 0 amide bonds. The summed E-state index contributed by atoms with van der Waals surface area (Å²) in [5, 5.41) is 0. The molecule has 0 bridgehead atoms. The van der Waals surface area contributed by atoms with E-state index in [0.717, 1.165) is 0 Å². The summed E-state index contributed by atoms with van der Waals surface area (Å²) >= 11 is 0. The minimum atomic E-state index is -0.149. The highest BCUT2D eigenvalue weighted by atomic mass is 16.1. The van der Waals surface area contributed by atoms with Crippen molar-refractivity contribution in [2.45, 2.75) is 61.8 Å². The molecule has 0 aliphatic heterocycles. The summed E-state index contributed by atoms with van der Waals surface area (Å²) in [5.41, 5.74) is -0.149. The number of carbonyl (C=O) groups is 1. The van der Waals surface area contributed by atoms with Crippen molar-refractivity contribution >= 4 is 5.78 Å². The maximum atomic E-state index is 12.6. The van der Waals surface area contributed by atoms with E-state index in [1.165, 1.54) is 0 Å². The van der Waals surface area contributed by atoms with Crippen molar-refractivity contribution in [2.24, 2.45) is 29.1 Å². The molecule has 0 atom stereocenters. The number of hydrogen-bond acceptors (Lipinski definition) is 1. The van der Waals surface area contributed by atoms with Gasteiger partial charge in [-0.2, -0.15) is 0 Å². The highest BCUT2D eigenvalue weighted by Gasteiger charge is 2.46. The standard InChI is InChI=1S/C15H30O/c1-10(2)9-14(16)15(11(3)4,12(5)6)13(7)8/h10-13H,9H2,1-8H3. The van der Waals surface area contributed by atoms with Crippen LogP contribution in [0.1, 0.15) is 61.8 Å². The molecule has 0 rings (SSSR count). The zero-order valence-corrected chi connectivity index (χ0v) is 12.4. The third kappa shape index (κ3) is 2.87. The van der Waals surface area contributed by atoms with E-state index in [4.69, 9.17) is 0 Å². The number of carbonyl (C=O) groups excluding carboxylic acids is 1. The Hall–Kier alpha value is -0.330. The molecule has 1 nitrogen and oxygen atoms in total. The Labute approximate surface area is 102 Å². The second-order valence-corrected chi connectivity index (χ2v) is 6.42. The van der Waals surface area contributed by atoms with Crippen molar-refractivity contribution in [1.29, 1.82) is 0 Å². The van der Waals surface area contributed by atoms with E-state index in [1.54, 1.807) is 0 Å². The van der Waals surface area contributed by atoms with Crippen molar-refractivity contribution in [3.8, 4) is 0 Å². The molecule has 1 heteroatoms. The van der Waals surface area contributed by atoms with Gasteiger partial charge >= 0.3 is 0 Å². The lowest BCUT2D eigenvalue weighted by atomic mass is 9.58. The topological polar surface area (TPSA) is 17.1 Å². The predicted octanol–water partition coefficient (Wildman–Crippen LogP) is 4.56. The van der Waals surface area contributed by atoms with Crippen LogP contribution in [0.4, 0.5) is 0 Å². The van der Waals surface area contributed by atoms with E-state index in [1.807, 2.05) is 0 Å². The third-order valence-electron chi connectivity index (χ3n) is 3.94. The van der Waals surface area contributed by atoms with E-state index in [0.29, 0.717) is 35.9 Å². The Kier molecular flexibility index (Phi) is 5.72. The smallest absolute Gasteiger partial charge is 0.140 e. The van der Waals surface area contributed by atoms with Crippen molar-refractivity contribution in [2.75, 3.05) is 0 Å². The first kappa shape index (κ1) is 15.7. The SMILES string of the molecule is CC(C)CC(=O)C(C(C)C)(C(C)C)C(C)C. The van der Waals surface area contributed by atoms with E-state index in [-0.39, 0.29) is 5.41 Å². The lowest BCUT2D eigenvalue weighted by molar-refractivity contribution is -0.139. The van der Waals surface area contributed by atoms with Crippen molar-refractivity contribution in [3.05, 3.63) is 0 Å². The maximum Gasteiger partial charge on any atom is 0.140 e. The molecule has 0 aromatic rings. The maximum absolute atomic E-state index is 12.6. The summed E-state index contributed by atoms with van der Waals surface area (Å²) < 4.78 is 0. The Morgan fingerprint density at radius 2 is 1.12 bits per heavy atom. The van der Waals surface area contributed by atoms with Crippen molar-refractivity contribution in [1.82, 2.24) is 0 Å². The van der Waals surface area contributed by atoms with Gasteiger partial charge in [0.1, 0.15) is 5.78 Å². The van der Waals surface area contributed by atoms with Crippen LogP contribution in [0, 0.1) is 29.1 Å². The molecule has 0 aromatic heterocycles. The molecule has 96 valence electrons. The Morgan fingerprint density at radius 3 is 1.31 bits per heavy atom. The fraction of sp³-hybridized carbons (Fsp3) is 0.933. The first-order chi connectivity index (χ1) is 7.17. The molecule has 0 fully saturated rings. The van der Waals surface area contributed by atoms with Crippen LogP contribution >= 0.6 is 0 Å². The highest BCUT2D eigenvalue weighted by molar-refractivity contribution is 5.85. The van der Waals surface area contributed by atoms with Gasteiger partial charge in [-0.3, -0.25) is 4.79 Å². The zero-order valence-electron chi connectivity index (χ0n) is 12.4. The van der Waals surface area contributed by atoms with Crippen molar-refractivity contribution in [3.63, 3.8) is 0 Å². The second-order valence-electron chi connectivity index (χ2n) is 6.42. The summed E-state index contributed by atoms with van der Waals surface area (Å²) in [5.74, 6) is 2.17. The van der Waals surface area contributed by atoms with Crippen LogP contribution in [0.15, 0.2) is 0 Å². The van der Waals surface area contributed by atoms with Gasteiger partial charge in [0.05, 0.1) is 0 Å². The molecule has 0 aliphatic carbocycles. The summed E-state index contributed by atoms with van der Waals surface area (Å²) in [6.45, 7) is 17.4. The van der Waals surface area contributed by atoms with E-state index >= 15 is 0 Å². The number of ketones is 1. The Balaban J connectivity index is 5.27. The summed E-state index contributed by atoms with van der Waals surface area (Å²) in [6.07, 6.45) is 0.717. The highest BCUT2D eigenvalue weighted by Crippen LogP contribution is 2.45. The van der Waals surface area contributed by atoms with Crippen LogP contribution in [-0.2, 0) is 4.79 Å². The molecule has 0 aliphatic rings. The van der Waals surface area contributed by atoms with Gasteiger partial charge < -0.3 is 0 Å². The lowest BCUT2D eigenvalue weighted by Crippen LogP contribution is -2.46. The molecular formula is C15H30O. The largest absolute Gasteiger partial charge is 0.299 e. The monoisotopic (exact) mass is 226 g/mol. The summed E-state index contributed by atoms with van der Waals surface area (Å²) in [4.78, 5) is 12.6. The second kappa shape index (κ2) is 5.84. The van der Waals surface area contributed by atoms with E-state index in [2.05, 4.69) is 55.4 Å². The van der Waals surface area contributed by atoms with Gasteiger partial charge in [-0.05, 0) is 23.7 Å². The van der Waals surface area contributed by atoms with Gasteiger partial charge in [-0.25, -0.2) is 0 Å². The van der Waals surface area contributed by atoms with E-state index < -0.39 is 0 Å². The van der Waals surface area contributed by atoms with Crippen LogP contribution < -0.4 is 0 Å². The predicted molar refractivity (Wildman–Crippen MR) is 71.4 cm³/mol. The van der Waals surface area contributed by atoms with Crippen LogP contribution in [0.5, 0.6) is 0 Å². The molecule has 0 spiro atoms.